The highest BCUT2D eigenvalue weighted by Gasteiger charge is 2.27. The lowest BCUT2D eigenvalue weighted by Crippen LogP contribution is -2.45. The molecule has 5 nitrogen and oxygen atoms in total. The van der Waals surface area contributed by atoms with Crippen molar-refractivity contribution in [1.29, 1.82) is 0 Å². The topological polar surface area (TPSA) is 56.7 Å². The first-order chi connectivity index (χ1) is 13.0. The Morgan fingerprint density at radius 3 is 2.74 bits per heavy atom. The van der Waals surface area contributed by atoms with Crippen molar-refractivity contribution in [2.45, 2.75) is 45.9 Å². The molecule has 150 valence electrons. The van der Waals surface area contributed by atoms with Gasteiger partial charge in [0, 0.05) is 43.1 Å². The monoisotopic (exact) mass is 390 g/mol. The van der Waals surface area contributed by atoms with E-state index in [9.17, 15) is 4.79 Å². The lowest BCUT2D eigenvalue weighted by Gasteiger charge is -2.20. The van der Waals surface area contributed by atoms with Gasteiger partial charge in [0.2, 0.25) is 5.91 Å². The highest BCUT2D eigenvalue weighted by atomic mass is 32.2. The van der Waals surface area contributed by atoms with Crippen LogP contribution in [-0.2, 0) is 10.5 Å². The molecule has 1 aromatic rings. The second-order valence-corrected chi connectivity index (χ2v) is 8.47. The number of hydrogen-bond acceptors (Lipinski definition) is 3. The zero-order chi connectivity index (χ0) is 19.6. The number of benzene rings is 1. The standard InChI is InChI=1S/C21H34N4OS/c1-5-22-21(24-19-10-12-25(14-19)20(26)16(2)3)23-11-13-27-15-18-8-6-17(4)7-9-18/h6-9,16,19H,5,10-15H2,1-4H3,(H2,22,23,24). The third-order valence-electron chi connectivity index (χ3n) is 4.57. The molecule has 0 aliphatic carbocycles. The summed E-state index contributed by atoms with van der Waals surface area (Å²) < 4.78 is 0. The predicted molar refractivity (Wildman–Crippen MR) is 116 cm³/mol. The van der Waals surface area contributed by atoms with Crippen molar-refractivity contribution in [3.63, 3.8) is 0 Å². The van der Waals surface area contributed by atoms with Crippen LogP contribution in [0.1, 0.15) is 38.3 Å². The molecule has 1 amide bonds. The van der Waals surface area contributed by atoms with Gasteiger partial charge < -0.3 is 15.5 Å². The first-order valence-electron chi connectivity index (χ1n) is 9.96. The minimum atomic E-state index is 0.0659. The van der Waals surface area contributed by atoms with Crippen molar-refractivity contribution in [2.75, 3.05) is 31.9 Å². The van der Waals surface area contributed by atoms with Crippen LogP contribution in [0.3, 0.4) is 0 Å². The van der Waals surface area contributed by atoms with E-state index in [1.807, 2.05) is 30.5 Å². The maximum absolute atomic E-state index is 12.1. The number of hydrogen-bond donors (Lipinski definition) is 2. The van der Waals surface area contributed by atoms with Crippen LogP contribution in [0.25, 0.3) is 0 Å². The first-order valence-corrected chi connectivity index (χ1v) is 11.1. The van der Waals surface area contributed by atoms with Crippen LogP contribution in [0.2, 0.25) is 0 Å². The van der Waals surface area contributed by atoms with Crippen LogP contribution in [0.5, 0.6) is 0 Å². The van der Waals surface area contributed by atoms with Gasteiger partial charge in [-0.2, -0.15) is 11.8 Å². The lowest BCUT2D eigenvalue weighted by molar-refractivity contribution is -0.133. The van der Waals surface area contributed by atoms with Crippen LogP contribution in [0, 0.1) is 12.8 Å². The Hall–Kier alpha value is -1.69. The summed E-state index contributed by atoms with van der Waals surface area (Å²) in [5.41, 5.74) is 2.66. The summed E-state index contributed by atoms with van der Waals surface area (Å²) in [6.45, 7) is 11.3. The highest BCUT2D eigenvalue weighted by Crippen LogP contribution is 2.14. The van der Waals surface area contributed by atoms with Crippen LogP contribution in [0.4, 0.5) is 0 Å². The number of rotatable bonds is 8. The zero-order valence-corrected chi connectivity index (χ0v) is 17.9. The fraction of sp³-hybridized carbons (Fsp3) is 0.619. The molecule has 0 bridgehead atoms. The molecule has 27 heavy (non-hydrogen) atoms. The molecule has 1 atom stereocenters. The van der Waals surface area contributed by atoms with Gasteiger partial charge in [-0.25, -0.2) is 0 Å². The molecule has 0 spiro atoms. The van der Waals surface area contributed by atoms with Gasteiger partial charge in [0.1, 0.15) is 0 Å². The van der Waals surface area contributed by atoms with Crippen LogP contribution < -0.4 is 10.6 Å². The van der Waals surface area contributed by atoms with Gasteiger partial charge in [-0.3, -0.25) is 9.79 Å². The molecule has 1 fully saturated rings. The van der Waals surface area contributed by atoms with Crippen LogP contribution in [-0.4, -0.2) is 54.7 Å². The number of aliphatic imine (C=N–C) groups is 1. The summed E-state index contributed by atoms with van der Waals surface area (Å²) in [5, 5.41) is 6.81. The largest absolute Gasteiger partial charge is 0.357 e. The Balaban J connectivity index is 1.73. The summed E-state index contributed by atoms with van der Waals surface area (Å²) in [6.07, 6.45) is 0.977. The van der Waals surface area contributed by atoms with Crippen molar-refractivity contribution in [3.8, 4) is 0 Å². The third-order valence-corrected chi connectivity index (χ3v) is 5.58. The number of nitrogens with zero attached hydrogens (tertiary/aromatic N) is 2. The molecule has 1 aliphatic rings. The van der Waals surface area contributed by atoms with Crippen molar-refractivity contribution < 1.29 is 4.79 Å². The van der Waals surface area contributed by atoms with Gasteiger partial charge in [-0.1, -0.05) is 43.7 Å². The van der Waals surface area contributed by atoms with Crippen LogP contribution in [0.15, 0.2) is 29.3 Å². The van der Waals surface area contributed by atoms with E-state index in [4.69, 9.17) is 4.99 Å². The van der Waals surface area contributed by atoms with Gasteiger partial charge >= 0.3 is 0 Å². The molecule has 1 saturated heterocycles. The summed E-state index contributed by atoms with van der Waals surface area (Å²) in [7, 11) is 0. The average Bonchev–Trinajstić information content (AvgIpc) is 3.10. The van der Waals surface area contributed by atoms with E-state index in [2.05, 4.69) is 48.7 Å². The van der Waals surface area contributed by atoms with Gasteiger partial charge in [0.25, 0.3) is 0 Å². The molecule has 0 saturated carbocycles. The molecular formula is C21H34N4OS. The number of amides is 1. The molecule has 0 radical (unpaired) electrons. The quantitative estimate of drug-likeness (QED) is 0.407. The van der Waals surface area contributed by atoms with Gasteiger partial charge in [-0.05, 0) is 25.8 Å². The number of aryl methyl sites for hydroxylation is 1. The summed E-state index contributed by atoms with van der Waals surface area (Å²) >= 11 is 1.91. The summed E-state index contributed by atoms with van der Waals surface area (Å²) in [6, 6.07) is 9.00. The number of guanidine groups is 1. The molecule has 1 heterocycles. The van der Waals surface area contributed by atoms with Crippen molar-refractivity contribution in [3.05, 3.63) is 35.4 Å². The minimum Gasteiger partial charge on any atom is -0.357 e. The molecule has 2 N–H and O–H groups in total. The van der Waals surface area contributed by atoms with E-state index < -0.39 is 0 Å². The molecule has 1 aromatic carbocycles. The van der Waals surface area contributed by atoms with E-state index in [0.717, 1.165) is 50.1 Å². The summed E-state index contributed by atoms with van der Waals surface area (Å²) in [4.78, 5) is 18.8. The fourth-order valence-corrected chi connectivity index (χ4v) is 3.85. The van der Waals surface area contributed by atoms with E-state index in [1.54, 1.807) is 0 Å². The van der Waals surface area contributed by atoms with Crippen molar-refractivity contribution in [2.24, 2.45) is 10.9 Å². The average molecular weight is 391 g/mol. The number of likely N-dealkylation sites (tertiary alicyclic amines) is 1. The Morgan fingerprint density at radius 1 is 1.33 bits per heavy atom. The Morgan fingerprint density at radius 2 is 2.07 bits per heavy atom. The second kappa shape index (κ2) is 11.2. The Labute approximate surface area is 168 Å². The van der Waals surface area contributed by atoms with E-state index in [-0.39, 0.29) is 17.9 Å². The first kappa shape index (κ1) is 21.6. The van der Waals surface area contributed by atoms with E-state index in [0.29, 0.717) is 0 Å². The predicted octanol–water partition coefficient (Wildman–Crippen LogP) is 3.04. The minimum absolute atomic E-state index is 0.0659. The van der Waals surface area contributed by atoms with Gasteiger partial charge in [-0.15, -0.1) is 0 Å². The zero-order valence-electron chi connectivity index (χ0n) is 17.1. The number of nitrogens with one attached hydrogen (secondary N) is 2. The fourth-order valence-electron chi connectivity index (χ4n) is 3.05. The molecule has 1 unspecified atom stereocenters. The van der Waals surface area contributed by atoms with E-state index in [1.165, 1.54) is 11.1 Å². The van der Waals surface area contributed by atoms with E-state index >= 15 is 0 Å². The highest BCUT2D eigenvalue weighted by molar-refractivity contribution is 7.98. The van der Waals surface area contributed by atoms with Gasteiger partial charge in [0.05, 0.1) is 6.54 Å². The number of carbonyl (C=O) groups is 1. The molecular weight excluding hydrogens is 356 g/mol. The molecule has 0 aromatic heterocycles. The number of carbonyl (C=O) groups excluding carboxylic acids is 1. The lowest BCUT2D eigenvalue weighted by atomic mass is 10.2. The molecule has 1 aliphatic heterocycles. The SMILES string of the molecule is CCNC(=NCCSCc1ccc(C)cc1)NC1CCN(C(=O)C(C)C)C1. The Kier molecular flexibility index (Phi) is 8.98. The maximum Gasteiger partial charge on any atom is 0.225 e. The summed E-state index contributed by atoms with van der Waals surface area (Å²) in [5.74, 6) is 3.18. The van der Waals surface area contributed by atoms with Crippen molar-refractivity contribution in [1.82, 2.24) is 15.5 Å². The maximum atomic E-state index is 12.1. The van der Waals surface area contributed by atoms with Crippen LogP contribution >= 0.6 is 11.8 Å². The Bertz CT molecular complexity index is 615. The third kappa shape index (κ3) is 7.45. The number of thioether (sulfide) groups is 1. The van der Waals surface area contributed by atoms with Gasteiger partial charge in [0.15, 0.2) is 5.96 Å². The molecule has 2 rings (SSSR count). The molecule has 6 heteroatoms. The second-order valence-electron chi connectivity index (χ2n) is 7.37. The normalized spacial score (nSPS) is 17.4. The van der Waals surface area contributed by atoms with Crippen molar-refractivity contribution >= 4 is 23.6 Å². The smallest absolute Gasteiger partial charge is 0.225 e.